The van der Waals surface area contributed by atoms with Gasteiger partial charge in [0.05, 0.1) is 5.69 Å². The van der Waals surface area contributed by atoms with E-state index in [4.69, 9.17) is 5.26 Å². The minimum atomic E-state index is -0.584. The molecule has 2 rings (SSSR count). The number of nitrogens with zero attached hydrogens (tertiary/aromatic N) is 3. The molecule has 6 heteroatoms. The number of nitrogens with one attached hydrogen (secondary N) is 1. The van der Waals surface area contributed by atoms with Crippen molar-refractivity contribution in [2.24, 2.45) is 10.2 Å². The predicted molar refractivity (Wildman–Crippen MR) is 78.3 cm³/mol. The van der Waals surface area contributed by atoms with Crippen molar-refractivity contribution in [3.63, 3.8) is 0 Å². The number of aromatic hydroxyl groups is 1. The first-order valence-corrected chi connectivity index (χ1v) is 6.29. The monoisotopic (exact) mass is 282 g/mol. The molecule has 6 nitrogen and oxygen atoms in total. The van der Waals surface area contributed by atoms with E-state index in [0.29, 0.717) is 11.3 Å². The Kier molecular flexibility index (Phi) is 3.85. The van der Waals surface area contributed by atoms with E-state index in [1.165, 1.54) is 0 Å². The van der Waals surface area contributed by atoms with Gasteiger partial charge in [0, 0.05) is 5.56 Å². The maximum Gasteiger partial charge on any atom is 0.278 e. The van der Waals surface area contributed by atoms with Crippen molar-refractivity contribution in [1.29, 1.82) is 5.26 Å². The topological polar surface area (TPSA) is 102 Å². The number of pyridine rings is 1. The molecule has 0 aliphatic heterocycles. The molecule has 0 aliphatic carbocycles. The highest BCUT2D eigenvalue weighted by molar-refractivity contribution is 5.57. The van der Waals surface area contributed by atoms with Crippen LogP contribution in [0.5, 0.6) is 5.88 Å². The molecule has 2 N–H and O–H groups in total. The minimum Gasteiger partial charge on any atom is -0.494 e. The molecule has 0 aliphatic rings. The van der Waals surface area contributed by atoms with E-state index < -0.39 is 11.4 Å². The molecule has 0 amide bonds. The standard InChI is InChI=1S/C15H14N4O2/c1-8-5-4-6-9(2)12(8)18-19-13-10(3)11(7-16)14(20)17-15(13)21/h4-6H,1-3H3,(H2,17,20,21). The van der Waals surface area contributed by atoms with E-state index in [2.05, 4.69) is 15.2 Å². The summed E-state index contributed by atoms with van der Waals surface area (Å²) >= 11 is 0. The molecular weight excluding hydrogens is 268 g/mol. The number of aromatic nitrogens is 1. The van der Waals surface area contributed by atoms with E-state index in [1.54, 1.807) is 6.92 Å². The molecule has 0 spiro atoms. The number of azo groups is 1. The lowest BCUT2D eigenvalue weighted by Crippen LogP contribution is -2.08. The van der Waals surface area contributed by atoms with Gasteiger partial charge in [-0.05, 0) is 31.9 Å². The first-order valence-electron chi connectivity index (χ1n) is 6.29. The van der Waals surface area contributed by atoms with Gasteiger partial charge >= 0.3 is 0 Å². The van der Waals surface area contributed by atoms with Gasteiger partial charge in [0.25, 0.3) is 5.56 Å². The van der Waals surface area contributed by atoms with Crippen LogP contribution >= 0.6 is 0 Å². The normalized spacial score (nSPS) is 10.8. The summed E-state index contributed by atoms with van der Waals surface area (Å²) in [6.07, 6.45) is 0. The number of aromatic amines is 1. The summed E-state index contributed by atoms with van der Waals surface area (Å²) in [6, 6.07) is 7.54. The van der Waals surface area contributed by atoms with Crippen LogP contribution in [0.2, 0.25) is 0 Å². The minimum absolute atomic E-state index is 0.00921. The largest absolute Gasteiger partial charge is 0.494 e. The summed E-state index contributed by atoms with van der Waals surface area (Å²) in [5.41, 5.74) is 2.28. The van der Waals surface area contributed by atoms with Crippen LogP contribution in [-0.4, -0.2) is 10.1 Å². The lowest BCUT2D eigenvalue weighted by molar-refractivity contribution is 0.449. The highest BCUT2D eigenvalue weighted by Gasteiger charge is 2.13. The summed E-state index contributed by atoms with van der Waals surface area (Å²) < 4.78 is 0. The zero-order valence-corrected chi connectivity index (χ0v) is 11.9. The summed E-state index contributed by atoms with van der Waals surface area (Å²) in [4.78, 5) is 14.0. The average molecular weight is 282 g/mol. The van der Waals surface area contributed by atoms with Gasteiger partial charge in [0.2, 0.25) is 5.88 Å². The van der Waals surface area contributed by atoms with E-state index in [0.717, 1.165) is 11.1 Å². The molecule has 1 heterocycles. The quantitative estimate of drug-likeness (QED) is 0.826. The van der Waals surface area contributed by atoms with Gasteiger partial charge in [0.1, 0.15) is 11.6 Å². The van der Waals surface area contributed by atoms with Crippen LogP contribution in [0.3, 0.4) is 0 Å². The second kappa shape index (κ2) is 5.59. The maximum atomic E-state index is 11.8. The molecule has 0 saturated heterocycles. The Hall–Kier alpha value is -2.94. The molecule has 0 saturated carbocycles. The molecule has 1 aromatic carbocycles. The fourth-order valence-corrected chi connectivity index (χ4v) is 2.02. The van der Waals surface area contributed by atoms with Crippen LogP contribution in [0.25, 0.3) is 0 Å². The van der Waals surface area contributed by atoms with Crippen molar-refractivity contribution in [2.45, 2.75) is 20.8 Å². The highest BCUT2D eigenvalue weighted by atomic mass is 16.3. The van der Waals surface area contributed by atoms with Crippen molar-refractivity contribution in [3.8, 4) is 11.9 Å². The molecule has 0 unspecified atom stereocenters. The maximum absolute atomic E-state index is 11.8. The number of hydrogen-bond acceptors (Lipinski definition) is 5. The highest BCUT2D eigenvalue weighted by Crippen LogP contribution is 2.27. The lowest BCUT2D eigenvalue weighted by Gasteiger charge is -2.04. The van der Waals surface area contributed by atoms with Gasteiger partial charge in [-0.1, -0.05) is 18.2 Å². The fourth-order valence-electron chi connectivity index (χ4n) is 2.02. The Bertz CT molecular complexity index is 809. The zero-order valence-electron chi connectivity index (χ0n) is 11.9. The number of aryl methyl sites for hydroxylation is 2. The van der Waals surface area contributed by atoms with E-state index in [1.807, 2.05) is 38.1 Å². The third kappa shape index (κ3) is 2.67. The van der Waals surface area contributed by atoms with Crippen LogP contribution in [0.15, 0.2) is 33.2 Å². The van der Waals surface area contributed by atoms with Crippen molar-refractivity contribution in [2.75, 3.05) is 0 Å². The third-order valence-corrected chi connectivity index (χ3v) is 3.22. The van der Waals surface area contributed by atoms with E-state index >= 15 is 0 Å². The predicted octanol–water partition coefficient (Wildman–Crippen LogP) is 3.29. The van der Waals surface area contributed by atoms with Crippen LogP contribution in [-0.2, 0) is 0 Å². The Morgan fingerprint density at radius 2 is 1.71 bits per heavy atom. The fraction of sp³-hybridized carbons (Fsp3) is 0.200. The number of H-pyrrole nitrogens is 1. The number of nitriles is 1. The molecular formula is C15H14N4O2. The second-order valence-electron chi connectivity index (χ2n) is 4.70. The molecule has 2 aromatic rings. The van der Waals surface area contributed by atoms with Gasteiger partial charge in [-0.3, -0.25) is 9.78 Å². The van der Waals surface area contributed by atoms with Gasteiger partial charge < -0.3 is 5.11 Å². The third-order valence-electron chi connectivity index (χ3n) is 3.22. The average Bonchev–Trinajstić information content (AvgIpc) is 2.41. The van der Waals surface area contributed by atoms with Gasteiger partial charge in [-0.2, -0.15) is 5.26 Å². The van der Waals surface area contributed by atoms with Crippen molar-refractivity contribution < 1.29 is 5.11 Å². The molecule has 21 heavy (non-hydrogen) atoms. The Morgan fingerprint density at radius 1 is 1.14 bits per heavy atom. The summed E-state index contributed by atoms with van der Waals surface area (Å²) in [7, 11) is 0. The van der Waals surface area contributed by atoms with Crippen LogP contribution in [0.4, 0.5) is 11.4 Å². The Morgan fingerprint density at radius 3 is 2.29 bits per heavy atom. The molecule has 0 fully saturated rings. The first kappa shape index (κ1) is 14.5. The lowest BCUT2D eigenvalue weighted by atomic mass is 10.1. The molecule has 1 aromatic heterocycles. The van der Waals surface area contributed by atoms with Gasteiger partial charge in [0.15, 0.2) is 5.69 Å². The van der Waals surface area contributed by atoms with Gasteiger partial charge in [-0.25, -0.2) is 0 Å². The molecule has 0 atom stereocenters. The van der Waals surface area contributed by atoms with E-state index in [-0.39, 0.29) is 11.3 Å². The van der Waals surface area contributed by atoms with Crippen LogP contribution in [0.1, 0.15) is 22.3 Å². The van der Waals surface area contributed by atoms with E-state index in [9.17, 15) is 9.90 Å². The summed E-state index contributed by atoms with van der Waals surface area (Å²) in [5, 5.41) is 26.6. The van der Waals surface area contributed by atoms with Crippen molar-refractivity contribution in [3.05, 3.63) is 50.8 Å². The van der Waals surface area contributed by atoms with Gasteiger partial charge in [-0.15, -0.1) is 10.2 Å². The molecule has 0 radical (unpaired) electrons. The number of benzene rings is 1. The van der Waals surface area contributed by atoms with Crippen LogP contribution < -0.4 is 5.56 Å². The van der Waals surface area contributed by atoms with Crippen molar-refractivity contribution in [1.82, 2.24) is 4.98 Å². The van der Waals surface area contributed by atoms with Crippen LogP contribution in [0, 0.1) is 32.1 Å². The summed E-state index contributed by atoms with van der Waals surface area (Å²) in [6.45, 7) is 5.35. The zero-order chi connectivity index (χ0) is 15.6. The first-order chi connectivity index (χ1) is 9.95. The Labute approximate surface area is 121 Å². The number of rotatable bonds is 2. The second-order valence-corrected chi connectivity index (χ2v) is 4.70. The SMILES string of the molecule is Cc1cccc(C)c1N=Nc1c(C)c(C#N)c(O)[nH]c1=O. The van der Waals surface area contributed by atoms with Crippen molar-refractivity contribution >= 4 is 11.4 Å². The smallest absolute Gasteiger partial charge is 0.278 e. The molecule has 0 bridgehead atoms. The summed E-state index contributed by atoms with van der Waals surface area (Å²) in [5.74, 6) is -0.453. The Balaban J connectivity index is 2.58. The molecule has 106 valence electrons. The number of hydrogen-bond donors (Lipinski definition) is 2.